The van der Waals surface area contributed by atoms with Gasteiger partial charge in [0, 0.05) is 11.1 Å². The molecule has 0 bridgehead atoms. The van der Waals surface area contributed by atoms with E-state index in [0.29, 0.717) is 5.56 Å². The number of hydrogen-bond acceptors (Lipinski definition) is 3. The molecule has 0 saturated carbocycles. The Labute approximate surface area is 121 Å². The fraction of sp³-hybridized carbons (Fsp3) is 0.125. The molecule has 0 unspecified atom stereocenters. The molecule has 0 radical (unpaired) electrons. The standard InChI is InChI=1S/C16H14N2OS/c1-2-14-8-9-15(20-14)16-12(11-19)10-18(17-16)13-6-4-3-5-7-13/h3-11H,2H2,1H3. The van der Waals surface area contributed by atoms with E-state index in [0.717, 1.165) is 29.0 Å². The summed E-state index contributed by atoms with van der Waals surface area (Å²) in [6.45, 7) is 2.12. The lowest BCUT2D eigenvalue weighted by Gasteiger charge is -1.99. The molecule has 0 aliphatic carbocycles. The SMILES string of the molecule is CCc1ccc(-c2nn(-c3ccccc3)cc2C=O)s1. The van der Waals surface area contributed by atoms with Crippen LogP contribution in [0.15, 0.2) is 48.7 Å². The number of carbonyl (C=O) groups excluding carboxylic acids is 1. The number of carbonyl (C=O) groups is 1. The molecule has 4 heteroatoms. The predicted octanol–water partition coefficient (Wildman–Crippen LogP) is 3.98. The van der Waals surface area contributed by atoms with Crippen LogP contribution in [-0.2, 0) is 6.42 Å². The second kappa shape index (κ2) is 5.43. The first-order valence-corrected chi connectivity index (χ1v) is 7.33. The zero-order valence-corrected chi connectivity index (χ0v) is 11.9. The van der Waals surface area contributed by atoms with Crippen LogP contribution in [0.1, 0.15) is 22.2 Å². The summed E-state index contributed by atoms with van der Waals surface area (Å²) >= 11 is 1.69. The average molecular weight is 282 g/mol. The summed E-state index contributed by atoms with van der Waals surface area (Å²) in [6.07, 6.45) is 3.65. The summed E-state index contributed by atoms with van der Waals surface area (Å²) in [5, 5.41) is 4.56. The lowest BCUT2D eigenvalue weighted by atomic mass is 10.2. The number of benzene rings is 1. The molecular formula is C16H14N2OS. The molecule has 0 amide bonds. The number of aldehydes is 1. The second-order valence-electron chi connectivity index (χ2n) is 4.45. The van der Waals surface area contributed by atoms with Crippen molar-refractivity contribution in [1.29, 1.82) is 0 Å². The van der Waals surface area contributed by atoms with Gasteiger partial charge < -0.3 is 0 Å². The summed E-state index contributed by atoms with van der Waals surface area (Å²) < 4.78 is 1.75. The number of rotatable bonds is 4. The van der Waals surface area contributed by atoms with Gasteiger partial charge >= 0.3 is 0 Å². The highest BCUT2D eigenvalue weighted by Crippen LogP contribution is 2.29. The summed E-state index contributed by atoms with van der Waals surface area (Å²) in [4.78, 5) is 13.6. The number of para-hydroxylation sites is 1. The highest BCUT2D eigenvalue weighted by Gasteiger charge is 2.13. The molecule has 0 atom stereocenters. The molecule has 0 spiro atoms. The molecular weight excluding hydrogens is 268 g/mol. The number of aromatic nitrogens is 2. The van der Waals surface area contributed by atoms with E-state index in [1.54, 1.807) is 22.2 Å². The molecule has 20 heavy (non-hydrogen) atoms. The van der Waals surface area contributed by atoms with Gasteiger partial charge in [-0.25, -0.2) is 4.68 Å². The highest BCUT2D eigenvalue weighted by atomic mass is 32.1. The van der Waals surface area contributed by atoms with E-state index in [-0.39, 0.29) is 0 Å². The van der Waals surface area contributed by atoms with Crippen LogP contribution in [-0.4, -0.2) is 16.1 Å². The first kappa shape index (κ1) is 12.8. The zero-order chi connectivity index (χ0) is 13.9. The minimum atomic E-state index is 0.623. The lowest BCUT2D eigenvalue weighted by Crippen LogP contribution is -1.93. The molecule has 3 rings (SSSR count). The topological polar surface area (TPSA) is 34.9 Å². The number of thiophene rings is 1. The molecule has 0 aliphatic rings. The van der Waals surface area contributed by atoms with Gasteiger partial charge in [-0.3, -0.25) is 4.79 Å². The van der Waals surface area contributed by atoms with E-state index in [2.05, 4.69) is 18.1 Å². The maximum absolute atomic E-state index is 11.3. The van der Waals surface area contributed by atoms with Crippen LogP contribution >= 0.6 is 11.3 Å². The Kier molecular flexibility index (Phi) is 3.48. The van der Waals surface area contributed by atoms with Crippen LogP contribution in [0.3, 0.4) is 0 Å². The van der Waals surface area contributed by atoms with Gasteiger partial charge in [-0.15, -0.1) is 11.3 Å². The van der Waals surface area contributed by atoms with E-state index in [4.69, 9.17) is 0 Å². The Balaban J connectivity index is 2.07. The van der Waals surface area contributed by atoms with Crippen molar-refractivity contribution in [1.82, 2.24) is 9.78 Å². The van der Waals surface area contributed by atoms with Crippen LogP contribution in [0.5, 0.6) is 0 Å². The van der Waals surface area contributed by atoms with Crippen molar-refractivity contribution >= 4 is 17.6 Å². The molecule has 3 aromatic rings. The molecule has 0 saturated heterocycles. The van der Waals surface area contributed by atoms with Crippen LogP contribution in [0.4, 0.5) is 0 Å². The van der Waals surface area contributed by atoms with Crippen molar-refractivity contribution in [3.63, 3.8) is 0 Å². The van der Waals surface area contributed by atoms with Gasteiger partial charge in [0.05, 0.1) is 16.1 Å². The zero-order valence-electron chi connectivity index (χ0n) is 11.1. The third-order valence-corrected chi connectivity index (χ3v) is 4.37. The molecule has 0 aliphatic heterocycles. The van der Waals surface area contributed by atoms with Crippen LogP contribution in [0, 0.1) is 0 Å². The van der Waals surface area contributed by atoms with Crippen molar-refractivity contribution < 1.29 is 4.79 Å². The molecule has 1 aromatic carbocycles. The van der Waals surface area contributed by atoms with E-state index < -0.39 is 0 Å². The molecule has 0 N–H and O–H groups in total. The van der Waals surface area contributed by atoms with Crippen molar-refractivity contribution in [2.45, 2.75) is 13.3 Å². The van der Waals surface area contributed by atoms with E-state index >= 15 is 0 Å². The van der Waals surface area contributed by atoms with E-state index in [1.165, 1.54) is 4.88 Å². The molecule has 3 nitrogen and oxygen atoms in total. The molecule has 2 aromatic heterocycles. The summed E-state index contributed by atoms with van der Waals surface area (Å²) in [5.74, 6) is 0. The minimum Gasteiger partial charge on any atom is -0.298 e. The molecule has 2 heterocycles. The predicted molar refractivity (Wildman–Crippen MR) is 81.6 cm³/mol. The van der Waals surface area contributed by atoms with Crippen molar-refractivity contribution in [3.8, 4) is 16.3 Å². The number of aryl methyl sites for hydroxylation is 1. The van der Waals surface area contributed by atoms with Crippen LogP contribution in [0.2, 0.25) is 0 Å². The second-order valence-corrected chi connectivity index (χ2v) is 5.62. The fourth-order valence-corrected chi connectivity index (χ4v) is 3.03. The van der Waals surface area contributed by atoms with Gasteiger partial charge in [-0.05, 0) is 30.7 Å². The third kappa shape index (κ3) is 2.30. The first-order chi connectivity index (χ1) is 9.81. The Morgan fingerprint density at radius 1 is 1.20 bits per heavy atom. The summed E-state index contributed by atoms with van der Waals surface area (Å²) in [6, 6.07) is 13.9. The average Bonchev–Trinajstić information content (AvgIpc) is 3.14. The smallest absolute Gasteiger partial charge is 0.153 e. The quantitative estimate of drug-likeness (QED) is 0.678. The summed E-state index contributed by atoms with van der Waals surface area (Å²) in [7, 11) is 0. The maximum Gasteiger partial charge on any atom is 0.153 e. The van der Waals surface area contributed by atoms with Gasteiger partial charge in [0.15, 0.2) is 6.29 Å². The Morgan fingerprint density at radius 3 is 2.65 bits per heavy atom. The van der Waals surface area contributed by atoms with Gasteiger partial charge in [-0.2, -0.15) is 5.10 Å². The van der Waals surface area contributed by atoms with Gasteiger partial charge in [0.1, 0.15) is 5.69 Å². The van der Waals surface area contributed by atoms with Gasteiger partial charge in [0.25, 0.3) is 0 Å². The van der Waals surface area contributed by atoms with Crippen molar-refractivity contribution in [3.05, 3.63) is 59.1 Å². The Morgan fingerprint density at radius 2 is 2.00 bits per heavy atom. The maximum atomic E-state index is 11.3. The van der Waals surface area contributed by atoms with Gasteiger partial charge in [-0.1, -0.05) is 25.1 Å². The number of nitrogens with zero attached hydrogens (tertiary/aromatic N) is 2. The van der Waals surface area contributed by atoms with E-state index in [9.17, 15) is 4.79 Å². The Hall–Kier alpha value is -2.20. The van der Waals surface area contributed by atoms with E-state index in [1.807, 2.05) is 36.4 Å². The molecule has 0 fully saturated rings. The third-order valence-electron chi connectivity index (χ3n) is 3.13. The molecule has 100 valence electrons. The lowest BCUT2D eigenvalue weighted by molar-refractivity contribution is 0.112. The van der Waals surface area contributed by atoms with Crippen LogP contribution in [0.25, 0.3) is 16.3 Å². The highest BCUT2D eigenvalue weighted by molar-refractivity contribution is 7.15. The summed E-state index contributed by atoms with van der Waals surface area (Å²) in [5.41, 5.74) is 2.33. The van der Waals surface area contributed by atoms with Crippen molar-refractivity contribution in [2.75, 3.05) is 0 Å². The minimum absolute atomic E-state index is 0.623. The monoisotopic (exact) mass is 282 g/mol. The largest absolute Gasteiger partial charge is 0.298 e. The van der Waals surface area contributed by atoms with Crippen LogP contribution < -0.4 is 0 Å². The number of hydrogen-bond donors (Lipinski definition) is 0. The normalized spacial score (nSPS) is 10.7. The Bertz CT molecular complexity index is 728. The van der Waals surface area contributed by atoms with Gasteiger partial charge in [0.2, 0.25) is 0 Å². The fourth-order valence-electron chi connectivity index (χ4n) is 2.07. The first-order valence-electron chi connectivity index (χ1n) is 6.51. The van der Waals surface area contributed by atoms with Crippen molar-refractivity contribution in [2.24, 2.45) is 0 Å².